The summed E-state index contributed by atoms with van der Waals surface area (Å²) >= 11 is 0. The van der Waals surface area contributed by atoms with Crippen molar-refractivity contribution in [1.82, 2.24) is 10.3 Å². The maximum absolute atomic E-state index is 12.2. The fraction of sp³-hybridized carbons (Fsp3) is 0.667. The Labute approximate surface area is 137 Å². The lowest BCUT2D eigenvalue weighted by molar-refractivity contribution is -0.133. The molecule has 2 fully saturated rings. The van der Waals surface area contributed by atoms with Crippen molar-refractivity contribution in [3.05, 3.63) is 30.1 Å². The van der Waals surface area contributed by atoms with Crippen molar-refractivity contribution < 1.29 is 14.6 Å². The van der Waals surface area contributed by atoms with E-state index in [1.807, 2.05) is 19.1 Å². The third-order valence-corrected chi connectivity index (χ3v) is 5.01. The Kier molecular flexibility index (Phi) is 4.97. The zero-order chi connectivity index (χ0) is 16.3. The van der Waals surface area contributed by atoms with E-state index in [1.165, 1.54) is 12.8 Å². The maximum atomic E-state index is 12.2. The number of rotatable bonds is 6. The minimum absolute atomic E-state index is 0.0394. The molecule has 1 aromatic heterocycles. The topological polar surface area (TPSA) is 71.5 Å². The van der Waals surface area contributed by atoms with E-state index in [9.17, 15) is 9.90 Å². The summed E-state index contributed by atoms with van der Waals surface area (Å²) in [4.78, 5) is 16.3. The van der Waals surface area contributed by atoms with Crippen LogP contribution in [0, 0.1) is 5.92 Å². The number of carbonyl (C=O) groups is 1. The molecule has 2 saturated carbocycles. The summed E-state index contributed by atoms with van der Waals surface area (Å²) < 4.78 is 5.61. The van der Waals surface area contributed by atoms with Crippen LogP contribution in [0.3, 0.4) is 0 Å². The first-order valence-electron chi connectivity index (χ1n) is 8.62. The van der Waals surface area contributed by atoms with Gasteiger partial charge in [-0.1, -0.05) is 6.07 Å². The van der Waals surface area contributed by atoms with Gasteiger partial charge in [-0.2, -0.15) is 0 Å². The number of carbonyl (C=O) groups excluding carboxylic acids is 1. The van der Waals surface area contributed by atoms with E-state index < -0.39 is 11.7 Å². The van der Waals surface area contributed by atoms with E-state index in [0.29, 0.717) is 25.4 Å². The number of aromatic nitrogens is 1. The molecular formula is C18H26N2O3. The Morgan fingerprint density at radius 2 is 2.17 bits per heavy atom. The van der Waals surface area contributed by atoms with E-state index in [1.54, 1.807) is 12.4 Å². The quantitative estimate of drug-likeness (QED) is 0.843. The number of amides is 1. The van der Waals surface area contributed by atoms with Crippen molar-refractivity contribution in [2.75, 3.05) is 6.61 Å². The van der Waals surface area contributed by atoms with Gasteiger partial charge in [-0.3, -0.25) is 9.78 Å². The van der Waals surface area contributed by atoms with Gasteiger partial charge in [0.2, 0.25) is 5.91 Å². The van der Waals surface area contributed by atoms with Crippen molar-refractivity contribution in [2.45, 2.75) is 63.2 Å². The molecule has 0 aromatic carbocycles. The molecule has 126 valence electrons. The van der Waals surface area contributed by atoms with Gasteiger partial charge in [-0.05, 0) is 57.4 Å². The lowest BCUT2D eigenvalue weighted by Gasteiger charge is -2.36. The van der Waals surface area contributed by atoms with E-state index >= 15 is 0 Å². The van der Waals surface area contributed by atoms with Crippen LogP contribution in [-0.4, -0.2) is 34.8 Å². The molecule has 0 bridgehead atoms. The fourth-order valence-corrected chi connectivity index (χ4v) is 3.13. The summed E-state index contributed by atoms with van der Waals surface area (Å²) in [5.74, 6) is 0.622. The monoisotopic (exact) mass is 318 g/mol. The van der Waals surface area contributed by atoms with Gasteiger partial charge < -0.3 is 15.2 Å². The van der Waals surface area contributed by atoms with Gasteiger partial charge in [-0.15, -0.1) is 0 Å². The fourth-order valence-electron chi connectivity index (χ4n) is 3.13. The average Bonchev–Trinajstić information content (AvgIpc) is 3.40. The number of aliphatic hydroxyl groups is 1. The molecule has 1 aromatic rings. The Balaban J connectivity index is 1.46. The van der Waals surface area contributed by atoms with E-state index in [4.69, 9.17) is 4.74 Å². The SMILES string of the molecule is CC(OCC1CC1)C(=O)NC1CCC(O)(c2cccnc2)CC1. The summed E-state index contributed by atoms with van der Waals surface area (Å²) in [7, 11) is 0. The molecule has 1 unspecified atom stereocenters. The third kappa shape index (κ3) is 4.30. The van der Waals surface area contributed by atoms with Gasteiger partial charge in [0.25, 0.3) is 0 Å². The molecule has 1 atom stereocenters. The van der Waals surface area contributed by atoms with Gasteiger partial charge >= 0.3 is 0 Å². The second kappa shape index (κ2) is 6.97. The minimum Gasteiger partial charge on any atom is -0.385 e. The Bertz CT molecular complexity index is 522. The van der Waals surface area contributed by atoms with Gasteiger partial charge in [0.1, 0.15) is 6.10 Å². The average molecular weight is 318 g/mol. The van der Waals surface area contributed by atoms with Crippen LogP contribution in [0.4, 0.5) is 0 Å². The standard InChI is InChI=1S/C18H26N2O3/c1-13(23-12-14-4-5-14)17(21)20-16-6-8-18(22,9-7-16)15-3-2-10-19-11-15/h2-3,10-11,13-14,16,22H,4-9,12H2,1H3,(H,20,21). The zero-order valence-electron chi connectivity index (χ0n) is 13.7. The van der Waals surface area contributed by atoms with E-state index in [-0.39, 0.29) is 11.9 Å². The van der Waals surface area contributed by atoms with Crippen LogP contribution in [-0.2, 0) is 15.1 Å². The number of nitrogens with one attached hydrogen (secondary N) is 1. The number of hydrogen-bond acceptors (Lipinski definition) is 4. The van der Waals surface area contributed by atoms with Crippen molar-refractivity contribution in [3.8, 4) is 0 Å². The van der Waals surface area contributed by atoms with Crippen molar-refractivity contribution in [1.29, 1.82) is 0 Å². The second-order valence-electron chi connectivity index (χ2n) is 6.98. The molecule has 5 nitrogen and oxygen atoms in total. The van der Waals surface area contributed by atoms with Gasteiger partial charge in [0.05, 0.1) is 12.2 Å². The molecular weight excluding hydrogens is 292 g/mol. The second-order valence-corrected chi connectivity index (χ2v) is 6.98. The van der Waals surface area contributed by atoms with Crippen LogP contribution in [0.2, 0.25) is 0 Å². The molecule has 23 heavy (non-hydrogen) atoms. The molecule has 2 N–H and O–H groups in total. The molecule has 3 rings (SSSR count). The van der Waals surface area contributed by atoms with E-state index in [0.717, 1.165) is 18.4 Å². The lowest BCUT2D eigenvalue weighted by atomic mass is 9.78. The number of ether oxygens (including phenoxy) is 1. The van der Waals surface area contributed by atoms with Crippen LogP contribution in [0.1, 0.15) is 51.0 Å². The summed E-state index contributed by atoms with van der Waals surface area (Å²) in [6.45, 7) is 2.51. The van der Waals surface area contributed by atoms with E-state index in [2.05, 4.69) is 10.3 Å². The van der Waals surface area contributed by atoms with Crippen LogP contribution in [0.5, 0.6) is 0 Å². The third-order valence-electron chi connectivity index (χ3n) is 5.01. The van der Waals surface area contributed by atoms with Crippen LogP contribution < -0.4 is 5.32 Å². The number of hydrogen-bond donors (Lipinski definition) is 2. The first kappa shape index (κ1) is 16.4. The molecule has 0 radical (unpaired) electrons. The first-order valence-corrected chi connectivity index (χ1v) is 8.62. The van der Waals surface area contributed by atoms with Crippen LogP contribution >= 0.6 is 0 Å². The summed E-state index contributed by atoms with van der Waals surface area (Å²) in [6, 6.07) is 3.88. The highest BCUT2D eigenvalue weighted by molar-refractivity contribution is 5.80. The highest BCUT2D eigenvalue weighted by atomic mass is 16.5. The molecule has 0 saturated heterocycles. The van der Waals surface area contributed by atoms with Gasteiger partial charge in [-0.25, -0.2) is 0 Å². The number of nitrogens with zero attached hydrogens (tertiary/aromatic N) is 1. The van der Waals surface area contributed by atoms with Crippen LogP contribution in [0.15, 0.2) is 24.5 Å². The van der Waals surface area contributed by atoms with Crippen LogP contribution in [0.25, 0.3) is 0 Å². The Morgan fingerprint density at radius 3 is 2.78 bits per heavy atom. The normalized spacial score (nSPS) is 29.0. The van der Waals surface area contributed by atoms with Gasteiger partial charge in [0.15, 0.2) is 0 Å². The summed E-state index contributed by atoms with van der Waals surface area (Å²) in [5, 5.41) is 13.8. The lowest BCUT2D eigenvalue weighted by Crippen LogP contribution is -2.45. The molecule has 2 aliphatic carbocycles. The predicted molar refractivity (Wildman–Crippen MR) is 86.7 cm³/mol. The van der Waals surface area contributed by atoms with Crippen molar-refractivity contribution in [3.63, 3.8) is 0 Å². The highest BCUT2D eigenvalue weighted by Gasteiger charge is 2.35. The molecule has 5 heteroatoms. The largest absolute Gasteiger partial charge is 0.385 e. The minimum atomic E-state index is -0.816. The Hall–Kier alpha value is -1.46. The molecule has 1 amide bonds. The smallest absolute Gasteiger partial charge is 0.249 e. The summed E-state index contributed by atoms with van der Waals surface area (Å²) in [5.41, 5.74) is 0.0507. The molecule has 1 heterocycles. The zero-order valence-corrected chi connectivity index (χ0v) is 13.7. The number of pyridine rings is 1. The Morgan fingerprint density at radius 1 is 1.43 bits per heavy atom. The van der Waals surface area contributed by atoms with Crippen molar-refractivity contribution >= 4 is 5.91 Å². The summed E-state index contributed by atoms with van der Waals surface area (Å²) in [6.07, 6.45) is 8.32. The van der Waals surface area contributed by atoms with Gasteiger partial charge in [0, 0.05) is 24.0 Å². The van der Waals surface area contributed by atoms with Crippen molar-refractivity contribution in [2.24, 2.45) is 5.92 Å². The molecule has 0 aliphatic heterocycles. The maximum Gasteiger partial charge on any atom is 0.249 e. The molecule has 2 aliphatic rings. The highest BCUT2D eigenvalue weighted by Crippen LogP contribution is 2.36. The molecule has 0 spiro atoms. The predicted octanol–water partition coefficient (Wildman–Crippen LogP) is 2.14. The first-order chi connectivity index (χ1) is 11.1.